The molecule has 0 bridgehead atoms. The Bertz CT molecular complexity index is 810. The van der Waals surface area contributed by atoms with Crippen LogP contribution < -0.4 is 16.0 Å². The fraction of sp³-hybridized carbons (Fsp3) is 0. The highest BCUT2D eigenvalue weighted by Gasteiger charge is 2.08. The van der Waals surface area contributed by atoms with E-state index in [1.807, 2.05) is 30.3 Å². The number of fused-ring (bicyclic) bond motifs is 1. The first kappa shape index (κ1) is 14.2. The summed E-state index contributed by atoms with van der Waals surface area (Å²) in [5.74, 6) is 6.67. The smallest absolute Gasteiger partial charge is 0.240 e. The number of hydrogen-bond donors (Lipinski definition) is 2. The SMILES string of the molecule is NNc1ncc(Br)c(Oc2ccc3cc(Br)ccc3c2)n1. The molecule has 2 aromatic carbocycles. The average Bonchev–Trinajstić information content (AvgIpc) is 2.49. The molecular weight excluding hydrogens is 400 g/mol. The third-order valence-electron chi connectivity index (χ3n) is 2.83. The van der Waals surface area contributed by atoms with Crippen molar-refractivity contribution in [1.29, 1.82) is 0 Å². The molecule has 0 fully saturated rings. The summed E-state index contributed by atoms with van der Waals surface area (Å²) in [6.45, 7) is 0. The number of hydrogen-bond acceptors (Lipinski definition) is 5. The topological polar surface area (TPSA) is 73.1 Å². The van der Waals surface area contributed by atoms with E-state index in [0.717, 1.165) is 15.2 Å². The van der Waals surface area contributed by atoms with Gasteiger partial charge in [0.25, 0.3) is 0 Å². The van der Waals surface area contributed by atoms with Gasteiger partial charge in [-0.1, -0.05) is 28.1 Å². The van der Waals surface area contributed by atoms with Gasteiger partial charge in [0.05, 0.1) is 10.7 Å². The molecule has 0 radical (unpaired) electrons. The summed E-state index contributed by atoms with van der Waals surface area (Å²) < 4.78 is 7.48. The molecule has 3 N–H and O–H groups in total. The number of nitrogens with two attached hydrogens (primary N) is 1. The van der Waals surface area contributed by atoms with Crippen molar-refractivity contribution in [2.75, 3.05) is 5.43 Å². The zero-order valence-electron chi connectivity index (χ0n) is 10.7. The molecule has 3 aromatic rings. The third kappa shape index (κ3) is 3.15. The molecule has 21 heavy (non-hydrogen) atoms. The predicted octanol–water partition coefficient (Wildman–Crippen LogP) is 4.23. The Morgan fingerprint density at radius 3 is 2.62 bits per heavy atom. The maximum absolute atomic E-state index is 5.78. The number of anilines is 1. The predicted molar refractivity (Wildman–Crippen MR) is 89.3 cm³/mol. The Hall–Kier alpha value is -1.70. The van der Waals surface area contributed by atoms with Crippen molar-refractivity contribution in [2.45, 2.75) is 0 Å². The molecule has 0 amide bonds. The van der Waals surface area contributed by atoms with Crippen LogP contribution in [0.15, 0.2) is 51.5 Å². The lowest BCUT2D eigenvalue weighted by atomic mass is 10.1. The van der Waals surface area contributed by atoms with Gasteiger partial charge in [-0.3, -0.25) is 5.43 Å². The van der Waals surface area contributed by atoms with Crippen LogP contribution >= 0.6 is 31.9 Å². The summed E-state index contributed by atoms with van der Waals surface area (Å²) in [5, 5.41) is 2.21. The Morgan fingerprint density at radius 1 is 1.05 bits per heavy atom. The minimum absolute atomic E-state index is 0.290. The van der Waals surface area contributed by atoms with Gasteiger partial charge in [-0.15, -0.1) is 0 Å². The summed E-state index contributed by atoms with van der Waals surface area (Å²) >= 11 is 6.81. The third-order valence-corrected chi connectivity index (χ3v) is 3.87. The van der Waals surface area contributed by atoms with E-state index in [2.05, 4.69) is 53.3 Å². The number of nitrogen functional groups attached to an aromatic ring is 1. The number of nitrogens with zero attached hydrogens (tertiary/aromatic N) is 2. The summed E-state index contributed by atoms with van der Waals surface area (Å²) in [6, 6.07) is 11.9. The number of benzene rings is 2. The number of nitrogens with one attached hydrogen (secondary N) is 1. The van der Waals surface area contributed by atoms with Crippen LogP contribution in [0.3, 0.4) is 0 Å². The van der Waals surface area contributed by atoms with Crippen LogP contribution in [0, 0.1) is 0 Å². The molecule has 3 rings (SSSR count). The fourth-order valence-electron chi connectivity index (χ4n) is 1.86. The summed E-state index contributed by atoms with van der Waals surface area (Å²) in [7, 11) is 0. The second-order valence-electron chi connectivity index (χ2n) is 4.25. The number of halogens is 2. The van der Waals surface area contributed by atoms with E-state index in [-0.39, 0.29) is 5.95 Å². The molecular formula is C14H10Br2N4O. The standard InChI is InChI=1S/C14H10Br2N4O/c15-10-3-1-9-6-11(4-2-8(9)5-10)21-13-12(16)7-18-14(19-13)20-17/h1-7H,17H2,(H,18,19,20). The van der Waals surface area contributed by atoms with E-state index in [9.17, 15) is 0 Å². The maximum Gasteiger partial charge on any atom is 0.240 e. The number of hydrazine groups is 1. The monoisotopic (exact) mass is 408 g/mol. The van der Waals surface area contributed by atoms with E-state index in [1.54, 1.807) is 6.20 Å². The molecule has 0 atom stereocenters. The Labute approximate surface area is 137 Å². The first-order chi connectivity index (χ1) is 10.2. The molecule has 1 heterocycles. The normalized spacial score (nSPS) is 10.6. The zero-order chi connectivity index (χ0) is 14.8. The quantitative estimate of drug-likeness (QED) is 0.500. The highest BCUT2D eigenvalue weighted by Crippen LogP contribution is 2.30. The van der Waals surface area contributed by atoms with Crippen LogP contribution in [0.5, 0.6) is 11.6 Å². The van der Waals surface area contributed by atoms with Crippen molar-refractivity contribution >= 4 is 48.6 Å². The Kier molecular flexibility index (Phi) is 4.05. The second kappa shape index (κ2) is 5.97. The van der Waals surface area contributed by atoms with E-state index in [0.29, 0.717) is 16.1 Å². The summed E-state index contributed by atoms with van der Waals surface area (Å²) in [4.78, 5) is 8.14. The minimum atomic E-state index is 0.290. The Balaban J connectivity index is 1.96. The number of aromatic nitrogens is 2. The van der Waals surface area contributed by atoms with Crippen LogP contribution in [0.25, 0.3) is 10.8 Å². The van der Waals surface area contributed by atoms with Crippen molar-refractivity contribution in [2.24, 2.45) is 5.84 Å². The lowest BCUT2D eigenvalue weighted by Gasteiger charge is -2.08. The van der Waals surface area contributed by atoms with E-state index in [4.69, 9.17) is 10.6 Å². The molecule has 0 saturated carbocycles. The molecule has 7 heteroatoms. The molecule has 1 aromatic heterocycles. The van der Waals surface area contributed by atoms with Gasteiger partial charge < -0.3 is 4.74 Å². The molecule has 0 aliphatic carbocycles. The van der Waals surface area contributed by atoms with Gasteiger partial charge in [-0.05, 0) is 51.0 Å². The van der Waals surface area contributed by atoms with Gasteiger partial charge >= 0.3 is 0 Å². The number of ether oxygens (including phenoxy) is 1. The first-order valence-electron chi connectivity index (χ1n) is 6.02. The molecule has 0 spiro atoms. The van der Waals surface area contributed by atoms with Gasteiger partial charge in [-0.2, -0.15) is 4.98 Å². The van der Waals surface area contributed by atoms with Gasteiger partial charge in [0, 0.05) is 4.47 Å². The highest BCUT2D eigenvalue weighted by molar-refractivity contribution is 9.10. The Morgan fingerprint density at radius 2 is 1.81 bits per heavy atom. The van der Waals surface area contributed by atoms with Crippen molar-refractivity contribution < 1.29 is 4.74 Å². The summed E-state index contributed by atoms with van der Waals surface area (Å²) in [5.41, 5.74) is 2.39. The van der Waals surface area contributed by atoms with Crippen molar-refractivity contribution in [1.82, 2.24) is 9.97 Å². The lowest BCUT2D eigenvalue weighted by Crippen LogP contribution is -2.10. The highest BCUT2D eigenvalue weighted by atomic mass is 79.9. The van der Waals surface area contributed by atoms with Gasteiger partial charge in [0.15, 0.2) is 0 Å². The van der Waals surface area contributed by atoms with Crippen molar-refractivity contribution in [3.05, 3.63) is 51.5 Å². The second-order valence-corrected chi connectivity index (χ2v) is 6.02. The molecule has 0 unspecified atom stereocenters. The summed E-state index contributed by atoms with van der Waals surface area (Å²) in [6.07, 6.45) is 1.58. The minimum Gasteiger partial charge on any atom is -0.438 e. The van der Waals surface area contributed by atoms with Gasteiger partial charge in [0.1, 0.15) is 5.75 Å². The van der Waals surface area contributed by atoms with Crippen LogP contribution in [-0.2, 0) is 0 Å². The molecule has 5 nitrogen and oxygen atoms in total. The van der Waals surface area contributed by atoms with Crippen molar-refractivity contribution in [3.8, 4) is 11.6 Å². The first-order valence-corrected chi connectivity index (χ1v) is 7.60. The number of rotatable bonds is 3. The van der Waals surface area contributed by atoms with Crippen LogP contribution in [0.2, 0.25) is 0 Å². The molecule has 0 saturated heterocycles. The average molecular weight is 410 g/mol. The van der Waals surface area contributed by atoms with Crippen LogP contribution in [-0.4, -0.2) is 9.97 Å². The largest absolute Gasteiger partial charge is 0.438 e. The van der Waals surface area contributed by atoms with E-state index >= 15 is 0 Å². The lowest BCUT2D eigenvalue weighted by molar-refractivity contribution is 0.459. The molecule has 106 valence electrons. The molecule has 0 aliphatic rings. The zero-order valence-corrected chi connectivity index (χ0v) is 13.8. The maximum atomic E-state index is 5.78. The van der Waals surface area contributed by atoms with Gasteiger partial charge in [-0.25, -0.2) is 10.8 Å². The van der Waals surface area contributed by atoms with E-state index < -0.39 is 0 Å². The molecule has 0 aliphatic heterocycles. The van der Waals surface area contributed by atoms with Crippen LogP contribution in [0.4, 0.5) is 5.95 Å². The fourth-order valence-corrected chi connectivity index (χ4v) is 2.51. The van der Waals surface area contributed by atoms with E-state index in [1.165, 1.54) is 0 Å². The van der Waals surface area contributed by atoms with Crippen molar-refractivity contribution in [3.63, 3.8) is 0 Å². The van der Waals surface area contributed by atoms with Gasteiger partial charge in [0.2, 0.25) is 11.8 Å². The van der Waals surface area contributed by atoms with Crippen LogP contribution in [0.1, 0.15) is 0 Å².